The maximum atomic E-state index is 13.6. The lowest BCUT2D eigenvalue weighted by atomic mass is 9.96. The zero-order valence-corrected chi connectivity index (χ0v) is 12.9. The van der Waals surface area contributed by atoms with Gasteiger partial charge in [0.2, 0.25) is 5.91 Å². The summed E-state index contributed by atoms with van der Waals surface area (Å²) in [6, 6.07) is 5.84. The van der Waals surface area contributed by atoms with Crippen LogP contribution in [0.3, 0.4) is 0 Å². The summed E-state index contributed by atoms with van der Waals surface area (Å²) in [7, 11) is 0. The second kappa shape index (κ2) is 6.78. The van der Waals surface area contributed by atoms with Crippen molar-refractivity contribution in [2.24, 2.45) is 17.8 Å². The summed E-state index contributed by atoms with van der Waals surface area (Å²) in [4.78, 5) is 24.3. The number of halogens is 4. The van der Waals surface area contributed by atoms with E-state index in [1.54, 1.807) is 6.07 Å². The highest BCUT2D eigenvalue weighted by molar-refractivity contribution is 5.81. The minimum atomic E-state index is -4.69. The fourth-order valence-corrected chi connectivity index (χ4v) is 2.96. The van der Waals surface area contributed by atoms with Gasteiger partial charge in [0.05, 0.1) is 11.8 Å². The van der Waals surface area contributed by atoms with E-state index in [4.69, 9.17) is 5.11 Å². The topological polar surface area (TPSA) is 57.6 Å². The predicted molar refractivity (Wildman–Crippen MR) is 76.5 cm³/mol. The van der Waals surface area contributed by atoms with Crippen molar-refractivity contribution in [1.29, 1.82) is 0 Å². The highest BCUT2D eigenvalue weighted by Crippen LogP contribution is 2.38. The van der Waals surface area contributed by atoms with Crippen molar-refractivity contribution in [3.05, 3.63) is 35.6 Å². The number of likely N-dealkylation sites (tertiary alicyclic amines) is 1. The van der Waals surface area contributed by atoms with Crippen LogP contribution in [-0.4, -0.2) is 41.1 Å². The van der Waals surface area contributed by atoms with E-state index in [1.165, 1.54) is 25.1 Å². The van der Waals surface area contributed by atoms with E-state index < -0.39 is 54.7 Å². The van der Waals surface area contributed by atoms with E-state index in [9.17, 15) is 27.2 Å². The van der Waals surface area contributed by atoms with Crippen LogP contribution in [-0.2, 0) is 16.0 Å². The summed E-state index contributed by atoms with van der Waals surface area (Å²) in [5, 5.41) is 8.97. The van der Waals surface area contributed by atoms with Gasteiger partial charge in [0.15, 0.2) is 0 Å². The third kappa shape index (κ3) is 3.85. The van der Waals surface area contributed by atoms with Gasteiger partial charge < -0.3 is 10.0 Å². The second-order valence-corrected chi connectivity index (χ2v) is 6.03. The summed E-state index contributed by atoms with van der Waals surface area (Å²) >= 11 is 0. The van der Waals surface area contributed by atoms with Crippen LogP contribution in [0.4, 0.5) is 17.6 Å². The first kappa shape index (κ1) is 18.2. The zero-order chi connectivity index (χ0) is 18.1. The minimum Gasteiger partial charge on any atom is -0.481 e. The van der Waals surface area contributed by atoms with E-state index in [2.05, 4.69) is 0 Å². The number of carbonyl (C=O) groups is 2. The number of carbonyl (C=O) groups excluding carboxylic acids is 1. The summed E-state index contributed by atoms with van der Waals surface area (Å²) in [5.41, 5.74) is 0.291. The number of carboxylic acid groups (broad SMARTS) is 1. The fourth-order valence-electron chi connectivity index (χ4n) is 2.96. The van der Waals surface area contributed by atoms with Crippen LogP contribution in [0.15, 0.2) is 24.3 Å². The lowest BCUT2D eigenvalue weighted by Gasteiger charge is -2.21. The Bertz CT molecular complexity index is 632. The van der Waals surface area contributed by atoms with Crippen LogP contribution in [0.5, 0.6) is 0 Å². The monoisotopic (exact) mass is 347 g/mol. The zero-order valence-electron chi connectivity index (χ0n) is 12.9. The molecular weight excluding hydrogens is 330 g/mol. The van der Waals surface area contributed by atoms with Crippen LogP contribution in [0.2, 0.25) is 0 Å². The molecule has 1 unspecified atom stereocenters. The maximum Gasteiger partial charge on any atom is 0.394 e. The number of hydrogen-bond donors (Lipinski definition) is 1. The maximum absolute atomic E-state index is 13.6. The molecule has 1 aliphatic heterocycles. The van der Waals surface area contributed by atoms with E-state index in [0.717, 1.165) is 4.90 Å². The largest absolute Gasteiger partial charge is 0.481 e. The lowest BCUT2D eigenvalue weighted by Crippen LogP contribution is -2.36. The van der Waals surface area contributed by atoms with Crippen LogP contribution >= 0.6 is 0 Å². The molecule has 24 heavy (non-hydrogen) atoms. The molecule has 2 rings (SSSR count). The molecule has 0 radical (unpaired) electrons. The molecular formula is C16H17F4NO3. The molecule has 1 aliphatic rings. The van der Waals surface area contributed by atoms with Crippen molar-refractivity contribution in [2.45, 2.75) is 19.5 Å². The average Bonchev–Trinajstić information content (AvgIpc) is 2.94. The summed E-state index contributed by atoms with van der Waals surface area (Å²) in [5.74, 6) is -7.17. The Balaban J connectivity index is 2.09. The summed E-state index contributed by atoms with van der Waals surface area (Å²) < 4.78 is 52.5. The van der Waals surface area contributed by atoms with Gasteiger partial charge in [0, 0.05) is 19.0 Å². The third-order valence-electron chi connectivity index (χ3n) is 4.27. The van der Waals surface area contributed by atoms with Crippen molar-refractivity contribution >= 4 is 11.9 Å². The fraction of sp³-hybridized carbons (Fsp3) is 0.500. The highest BCUT2D eigenvalue weighted by Gasteiger charge is 2.53. The highest BCUT2D eigenvalue weighted by atomic mass is 19.4. The summed E-state index contributed by atoms with van der Waals surface area (Å²) in [6.45, 7) is 0.326. The molecule has 1 N–H and O–H groups in total. The van der Waals surface area contributed by atoms with Gasteiger partial charge in [-0.25, -0.2) is 4.39 Å². The van der Waals surface area contributed by atoms with Gasteiger partial charge in [-0.05, 0) is 18.1 Å². The number of rotatable bonds is 4. The normalized spacial score (nSPS) is 22.5. The Hall–Kier alpha value is -2.12. The Morgan fingerprint density at radius 1 is 1.29 bits per heavy atom. The van der Waals surface area contributed by atoms with E-state index in [1.807, 2.05) is 0 Å². The molecule has 1 fully saturated rings. The standard InChI is InChI=1S/C16H17F4NO3/c1-9(6-10-4-2-3-5-13(10)17)14(22)21-7-11(15(23)24)12(8-21)16(18,19)20/h2-5,9,11-12H,6-8H2,1H3,(H,23,24)/t9?,11-,12-/m1/s1. The number of alkyl halides is 3. The van der Waals surface area contributed by atoms with Crippen molar-refractivity contribution in [1.82, 2.24) is 4.90 Å². The molecule has 0 bridgehead atoms. The number of hydrogen-bond acceptors (Lipinski definition) is 2. The Kier molecular flexibility index (Phi) is 5.15. The van der Waals surface area contributed by atoms with E-state index in [-0.39, 0.29) is 6.42 Å². The number of nitrogens with zero attached hydrogens (tertiary/aromatic N) is 1. The van der Waals surface area contributed by atoms with E-state index in [0.29, 0.717) is 5.56 Å². The van der Waals surface area contributed by atoms with Gasteiger partial charge in [0.1, 0.15) is 5.82 Å². The first-order chi connectivity index (χ1) is 11.1. The first-order valence-corrected chi connectivity index (χ1v) is 7.43. The number of aliphatic carboxylic acids is 1. The first-order valence-electron chi connectivity index (χ1n) is 7.43. The van der Waals surface area contributed by atoms with Crippen LogP contribution in [0, 0.1) is 23.6 Å². The Morgan fingerprint density at radius 3 is 2.42 bits per heavy atom. The molecule has 3 atom stereocenters. The molecule has 0 aromatic heterocycles. The molecule has 1 amide bonds. The van der Waals surface area contributed by atoms with Gasteiger partial charge in [-0.15, -0.1) is 0 Å². The Morgan fingerprint density at radius 2 is 1.92 bits per heavy atom. The quantitative estimate of drug-likeness (QED) is 0.852. The third-order valence-corrected chi connectivity index (χ3v) is 4.27. The van der Waals surface area contributed by atoms with Gasteiger partial charge in [-0.3, -0.25) is 9.59 Å². The Labute approximate surface area is 136 Å². The lowest BCUT2D eigenvalue weighted by molar-refractivity contribution is -0.188. The van der Waals surface area contributed by atoms with Gasteiger partial charge in [-0.2, -0.15) is 13.2 Å². The molecule has 1 aromatic rings. The van der Waals surface area contributed by atoms with E-state index >= 15 is 0 Å². The van der Waals surface area contributed by atoms with Crippen molar-refractivity contribution in [3.8, 4) is 0 Å². The second-order valence-electron chi connectivity index (χ2n) is 6.03. The average molecular weight is 347 g/mol. The SMILES string of the molecule is CC(Cc1ccccc1F)C(=O)N1C[C@@H](C(F)(F)F)[C@H](C(=O)O)C1. The van der Waals surface area contributed by atoms with Crippen LogP contribution < -0.4 is 0 Å². The molecule has 0 aliphatic carbocycles. The smallest absolute Gasteiger partial charge is 0.394 e. The molecule has 4 nitrogen and oxygen atoms in total. The van der Waals surface area contributed by atoms with Crippen molar-refractivity contribution < 1.29 is 32.3 Å². The number of amides is 1. The molecule has 8 heteroatoms. The predicted octanol–water partition coefficient (Wildman–Crippen LogP) is 2.73. The molecule has 132 valence electrons. The van der Waals surface area contributed by atoms with Gasteiger partial charge >= 0.3 is 12.1 Å². The van der Waals surface area contributed by atoms with Gasteiger partial charge in [-0.1, -0.05) is 25.1 Å². The molecule has 0 spiro atoms. The molecule has 1 heterocycles. The molecule has 1 aromatic carbocycles. The molecule has 1 saturated heterocycles. The molecule has 0 saturated carbocycles. The minimum absolute atomic E-state index is 0.0381. The number of carboxylic acids is 1. The van der Waals surface area contributed by atoms with Crippen LogP contribution in [0.25, 0.3) is 0 Å². The van der Waals surface area contributed by atoms with Crippen LogP contribution in [0.1, 0.15) is 12.5 Å². The van der Waals surface area contributed by atoms with Crippen molar-refractivity contribution in [3.63, 3.8) is 0 Å². The van der Waals surface area contributed by atoms with Gasteiger partial charge in [0.25, 0.3) is 0 Å². The summed E-state index contributed by atoms with van der Waals surface area (Å²) in [6.07, 6.45) is -4.65. The van der Waals surface area contributed by atoms with Crippen molar-refractivity contribution in [2.75, 3.05) is 13.1 Å². The number of benzene rings is 1.